The van der Waals surface area contributed by atoms with Crippen LogP contribution < -0.4 is 10.6 Å². The van der Waals surface area contributed by atoms with Gasteiger partial charge in [-0.1, -0.05) is 18.2 Å². The average Bonchev–Trinajstić information content (AvgIpc) is 2.10. The maximum Gasteiger partial charge on any atom is 0.170 e. The second-order valence-corrected chi connectivity index (χ2v) is 4.43. The maximum absolute atomic E-state index is 5.21. The lowest BCUT2D eigenvalue weighted by atomic mass is 10.1. The van der Waals surface area contributed by atoms with E-state index in [1.165, 1.54) is 11.1 Å². The van der Waals surface area contributed by atoms with Crippen LogP contribution in [-0.2, 0) is 0 Å². The summed E-state index contributed by atoms with van der Waals surface area (Å²) in [7, 11) is 0. The van der Waals surface area contributed by atoms with E-state index in [1.54, 1.807) is 0 Å². The first kappa shape index (κ1) is 12.0. The second kappa shape index (κ2) is 5.12. The third-order valence-corrected chi connectivity index (χ3v) is 2.36. The molecule has 0 unspecified atom stereocenters. The number of anilines is 1. The zero-order valence-corrected chi connectivity index (χ0v) is 10.5. The molecule has 15 heavy (non-hydrogen) atoms. The number of rotatable bonds is 2. The fourth-order valence-corrected chi connectivity index (χ4v) is 1.76. The fraction of sp³-hybridized carbons (Fsp3) is 0.417. The quantitative estimate of drug-likeness (QED) is 0.752. The van der Waals surface area contributed by atoms with Crippen molar-refractivity contribution in [3.05, 3.63) is 29.3 Å². The standard InChI is InChI=1S/C12H18N2S/c1-8(2)13-12(15)14-11-9(3)6-5-7-10(11)4/h5-8H,1-4H3,(H2,13,14,15). The maximum atomic E-state index is 5.21. The molecule has 0 amide bonds. The SMILES string of the molecule is Cc1cccc(C)c1NC(=S)NC(C)C. The van der Waals surface area contributed by atoms with Gasteiger partial charge in [0.2, 0.25) is 0 Å². The van der Waals surface area contributed by atoms with Crippen molar-refractivity contribution in [1.82, 2.24) is 5.32 Å². The molecular formula is C12H18N2S. The van der Waals surface area contributed by atoms with Crippen molar-refractivity contribution in [2.75, 3.05) is 5.32 Å². The van der Waals surface area contributed by atoms with Crippen molar-refractivity contribution >= 4 is 23.0 Å². The molecule has 2 nitrogen and oxygen atoms in total. The monoisotopic (exact) mass is 222 g/mol. The fourth-order valence-electron chi connectivity index (χ4n) is 1.42. The van der Waals surface area contributed by atoms with Gasteiger partial charge in [0.25, 0.3) is 0 Å². The lowest BCUT2D eigenvalue weighted by molar-refractivity contribution is 0.739. The largest absolute Gasteiger partial charge is 0.360 e. The number of benzene rings is 1. The number of thiocarbonyl (C=S) groups is 1. The number of nitrogens with one attached hydrogen (secondary N) is 2. The highest BCUT2D eigenvalue weighted by atomic mass is 32.1. The van der Waals surface area contributed by atoms with Crippen LogP contribution in [0.2, 0.25) is 0 Å². The van der Waals surface area contributed by atoms with E-state index in [0.29, 0.717) is 11.2 Å². The van der Waals surface area contributed by atoms with Gasteiger partial charge in [0, 0.05) is 11.7 Å². The van der Waals surface area contributed by atoms with Crippen molar-refractivity contribution in [2.45, 2.75) is 33.7 Å². The van der Waals surface area contributed by atoms with Crippen LogP contribution in [0.4, 0.5) is 5.69 Å². The Balaban J connectivity index is 2.76. The summed E-state index contributed by atoms with van der Waals surface area (Å²) in [6.07, 6.45) is 0. The summed E-state index contributed by atoms with van der Waals surface area (Å²) in [6, 6.07) is 6.56. The van der Waals surface area contributed by atoms with Gasteiger partial charge in [0.15, 0.2) is 5.11 Å². The Bertz CT molecular complexity index is 338. The molecule has 0 fully saturated rings. The van der Waals surface area contributed by atoms with Crippen LogP contribution in [0.25, 0.3) is 0 Å². The summed E-state index contributed by atoms with van der Waals surface area (Å²) < 4.78 is 0. The molecule has 0 radical (unpaired) electrons. The van der Waals surface area contributed by atoms with E-state index in [0.717, 1.165) is 5.69 Å². The minimum absolute atomic E-state index is 0.356. The molecule has 0 heterocycles. The average molecular weight is 222 g/mol. The van der Waals surface area contributed by atoms with Gasteiger partial charge in [-0.25, -0.2) is 0 Å². The van der Waals surface area contributed by atoms with Gasteiger partial charge in [-0.15, -0.1) is 0 Å². The zero-order chi connectivity index (χ0) is 11.4. The van der Waals surface area contributed by atoms with Gasteiger partial charge >= 0.3 is 0 Å². The highest BCUT2D eigenvalue weighted by Gasteiger charge is 2.04. The molecule has 0 aliphatic carbocycles. The zero-order valence-electron chi connectivity index (χ0n) is 9.72. The summed E-state index contributed by atoms with van der Waals surface area (Å²) in [5.41, 5.74) is 3.53. The molecule has 0 saturated heterocycles. The summed E-state index contributed by atoms with van der Waals surface area (Å²) in [4.78, 5) is 0. The van der Waals surface area contributed by atoms with E-state index in [4.69, 9.17) is 12.2 Å². The second-order valence-electron chi connectivity index (χ2n) is 4.02. The Morgan fingerprint density at radius 2 is 1.73 bits per heavy atom. The number of hydrogen-bond acceptors (Lipinski definition) is 1. The molecule has 0 saturated carbocycles. The first-order valence-electron chi connectivity index (χ1n) is 5.14. The summed E-state index contributed by atoms with van der Waals surface area (Å²) in [6.45, 7) is 8.29. The molecule has 1 rings (SSSR count). The van der Waals surface area contributed by atoms with Crippen LogP contribution in [0.5, 0.6) is 0 Å². The Hall–Kier alpha value is -1.09. The van der Waals surface area contributed by atoms with E-state index < -0.39 is 0 Å². The first-order valence-corrected chi connectivity index (χ1v) is 5.55. The van der Waals surface area contributed by atoms with Crippen LogP contribution in [0, 0.1) is 13.8 Å². The van der Waals surface area contributed by atoms with E-state index in [2.05, 4.69) is 56.5 Å². The molecular weight excluding hydrogens is 204 g/mol. The van der Waals surface area contributed by atoms with Crippen LogP contribution in [0.1, 0.15) is 25.0 Å². The van der Waals surface area contributed by atoms with Gasteiger partial charge in [0.05, 0.1) is 0 Å². The first-order chi connectivity index (χ1) is 7.00. The smallest absolute Gasteiger partial charge is 0.170 e. The van der Waals surface area contributed by atoms with Crippen LogP contribution in [-0.4, -0.2) is 11.2 Å². The molecule has 1 aromatic carbocycles. The Morgan fingerprint density at radius 3 is 2.20 bits per heavy atom. The van der Waals surface area contributed by atoms with Gasteiger partial charge in [0.1, 0.15) is 0 Å². The van der Waals surface area contributed by atoms with E-state index in [9.17, 15) is 0 Å². The van der Waals surface area contributed by atoms with Gasteiger partial charge in [-0.3, -0.25) is 0 Å². The minimum Gasteiger partial charge on any atom is -0.360 e. The minimum atomic E-state index is 0.356. The molecule has 2 N–H and O–H groups in total. The van der Waals surface area contributed by atoms with Crippen molar-refractivity contribution in [1.29, 1.82) is 0 Å². The summed E-state index contributed by atoms with van der Waals surface area (Å²) >= 11 is 5.21. The summed E-state index contributed by atoms with van der Waals surface area (Å²) in [5.74, 6) is 0. The van der Waals surface area contributed by atoms with E-state index >= 15 is 0 Å². The topological polar surface area (TPSA) is 24.1 Å². The van der Waals surface area contributed by atoms with Crippen molar-refractivity contribution in [2.24, 2.45) is 0 Å². The Kier molecular flexibility index (Phi) is 4.09. The normalized spacial score (nSPS) is 10.2. The van der Waals surface area contributed by atoms with E-state index in [-0.39, 0.29) is 0 Å². The van der Waals surface area contributed by atoms with Crippen LogP contribution >= 0.6 is 12.2 Å². The van der Waals surface area contributed by atoms with Gasteiger partial charge < -0.3 is 10.6 Å². The molecule has 0 aliphatic rings. The predicted octanol–water partition coefficient (Wildman–Crippen LogP) is 3.00. The van der Waals surface area contributed by atoms with Crippen molar-refractivity contribution < 1.29 is 0 Å². The lowest BCUT2D eigenvalue weighted by Crippen LogP contribution is -2.34. The Morgan fingerprint density at radius 1 is 1.20 bits per heavy atom. The van der Waals surface area contributed by atoms with Gasteiger partial charge in [-0.05, 0) is 51.0 Å². The molecule has 0 spiro atoms. The van der Waals surface area contributed by atoms with Crippen LogP contribution in [0.15, 0.2) is 18.2 Å². The molecule has 3 heteroatoms. The van der Waals surface area contributed by atoms with Crippen molar-refractivity contribution in [3.63, 3.8) is 0 Å². The van der Waals surface area contributed by atoms with Crippen LogP contribution in [0.3, 0.4) is 0 Å². The number of para-hydroxylation sites is 1. The predicted molar refractivity (Wildman–Crippen MR) is 70.4 cm³/mol. The highest BCUT2D eigenvalue weighted by molar-refractivity contribution is 7.80. The molecule has 0 bridgehead atoms. The van der Waals surface area contributed by atoms with Gasteiger partial charge in [-0.2, -0.15) is 0 Å². The molecule has 82 valence electrons. The summed E-state index contributed by atoms with van der Waals surface area (Å²) in [5, 5.41) is 7.08. The molecule has 1 aromatic rings. The molecule has 0 aromatic heterocycles. The third-order valence-electron chi connectivity index (χ3n) is 2.14. The number of aryl methyl sites for hydroxylation is 2. The van der Waals surface area contributed by atoms with Crippen molar-refractivity contribution in [3.8, 4) is 0 Å². The lowest BCUT2D eigenvalue weighted by Gasteiger charge is -2.16. The van der Waals surface area contributed by atoms with E-state index in [1.807, 2.05) is 0 Å². The third kappa shape index (κ3) is 3.51. The Labute approximate surface area is 97.1 Å². The molecule has 0 aliphatic heterocycles. The highest BCUT2D eigenvalue weighted by Crippen LogP contribution is 2.19. The molecule has 0 atom stereocenters. The number of hydrogen-bond donors (Lipinski definition) is 2.